The molecule has 0 aromatic heterocycles. The van der Waals surface area contributed by atoms with Crippen LogP contribution >= 0.6 is 0 Å². The summed E-state index contributed by atoms with van der Waals surface area (Å²) in [7, 11) is 0. The third-order valence-corrected chi connectivity index (χ3v) is 2.68. The van der Waals surface area contributed by atoms with Gasteiger partial charge in [-0.15, -0.1) is 0 Å². The van der Waals surface area contributed by atoms with E-state index in [-0.39, 0.29) is 0 Å². The predicted molar refractivity (Wildman–Crippen MR) is 55.8 cm³/mol. The van der Waals surface area contributed by atoms with Crippen LogP contribution in [0.25, 0.3) is 0 Å². The maximum absolute atomic E-state index is 9.11. The predicted octanol–water partition coefficient (Wildman–Crippen LogP) is 1.23. The Balaban J connectivity index is 0. The highest BCUT2D eigenvalue weighted by Crippen LogP contribution is 2.03. The third-order valence-electron chi connectivity index (χ3n) is 2.68. The first-order chi connectivity index (χ1) is 5.97. The lowest BCUT2D eigenvalue weighted by molar-refractivity contribution is -0.921. The van der Waals surface area contributed by atoms with E-state index in [0.717, 1.165) is 0 Å². The molecule has 0 unspecified atom stereocenters. The Morgan fingerprint density at radius 3 is 1.15 bits per heavy atom. The van der Waals surface area contributed by atoms with Crippen molar-refractivity contribution in [1.82, 2.24) is 0 Å². The fourth-order valence-corrected chi connectivity index (χ4v) is 1.34. The van der Waals surface area contributed by atoms with Crippen LogP contribution in [0.15, 0.2) is 0 Å². The van der Waals surface area contributed by atoms with Crippen molar-refractivity contribution in [3.8, 4) is 0 Å². The number of rotatable bonds is 4. The lowest BCUT2D eigenvalue weighted by atomic mass is 10.3. The zero-order chi connectivity index (χ0) is 10.9. The van der Waals surface area contributed by atoms with Gasteiger partial charge in [-0.25, -0.2) is 0 Å². The van der Waals surface area contributed by atoms with Gasteiger partial charge in [0.15, 0.2) is 0 Å². The first-order valence-electron chi connectivity index (χ1n) is 5.05. The van der Waals surface area contributed by atoms with Crippen LogP contribution in [0.4, 0.5) is 0 Å². The van der Waals surface area contributed by atoms with Crippen molar-refractivity contribution < 1.29 is 9.59 Å². The molecule has 0 aromatic rings. The quantitative estimate of drug-likeness (QED) is 0.402. The molecule has 1 N–H and O–H groups in total. The fourth-order valence-electron chi connectivity index (χ4n) is 1.34. The van der Waals surface area contributed by atoms with Crippen LogP contribution in [-0.4, -0.2) is 36.6 Å². The monoisotopic (exact) mass is 188 g/mol. The van der Waals surface area contributed by atoms with Crippen molar-refractivity contribution in [2.45, 2.75) is 34.6 Å². The van der Waals surface area contributed by atoms with Crippen LogP contribution in [0, 0.1) is 5.41 Å². The molecule has 0 atom stereocenters. The van der Waals surface area contributed by atoms with E-state index in [1.54, 1.807) is 0 Å². The summed E-state index contributed by atoms with van der Waals surface area (Å²) >= 11 is 0. The molecular weight excluding hydrogens is 164 g/mol. The van der Waals surface area contributed by atoms with E-state index in [4.69, 9.17) is 10.5 Å². The summed E-state index contributed by atoms with van der Waals surface area (Å²) in [6.45, 7) is 15.4. The number of hydrogen-bond acceptors (Lipinski definition) is 2. The molecule has 0 saturated carbocycles. The largest absolute Gasteiger partial charge is 0.862 e. The maximum atomic E-state index is 9.11. The maximum Gasteiger partial charge on any atom is 0.0757 e. The highest BCUT2D eigenvalue weighted by Gasteiger charge is 2.16. The van der Waals surface area contributed by atoms with E-state index in [0.29, 0.717) is 0 Å². The molecule has 0 heterocycles. The zero-order valence-corrected chi connectivity index (χ0v) is 9.68. The molecule has 0 rings (SSSR count). The topological polar surface area (TPSA) is 46.9 Å². The Bertz CT molecular complexity index is 109. The summed E-state index contributed by atoms with van der Waals surface area (Å²) < 4.78 is 1.28. The summed E-state index contributed by atoms with van der Waals surface area (Å²) in [6, 6.07) is 0. The Hall–Kier alpha value is -0.570. The van der Waals surface area contributed by atoms with E-state index < -0.39 is 5.90 Å². The molecule has 0 radical (unpaired) electrons. The molecule has 0 spiro atoms. The molecule has 0 fully saturated rings. The second-order valence-corrected chi connectivity index (χ2v) is 3.16. The minimum absolute atomic E-state index is 0.583. The summed E-state index contributed by atoms with van der Waals surface area (Å²) in [5, 5.41) is 15.1. The summed E-state index contributed by atoms with van der Waals surface area (Å²) in [5.74, 6) is -0.583. The highest BCUT2D eigenvalue weighted by molar-refractivity contribution is 5.63. The molecular formula is C10H24N2O. The van der Waals surface area contributed by atoms with Gasteiger partial charge in [0, 0.05) is 0 Å². The van der Waals surface area contributed by atoms with E-state index in [2.05, 4.69) is 27.7 Å². The number of quaternary nitrogens is 1. The van der Waals surface area contributed by atoms with Gasteiger partial charge in [0.05, 0.1) is 26.2 Å². The second-order valence-electron chi connectivity index (χ2n) is 3.16. The van der Waals surface area contributed by atoms with Crippen molar-refractivity contribution in [3.05, 3.63) is 0 Å². The van der Waals surface area contributed by atoms with Gasteiger partial charge >= 0.3 is 0 Å². The summed E-state index contributed by atoms with van der Waals surface area (Å²) in [5.41, 5.74) is 0. The van der Waals surface area contributed by atoms with Crippen molar-refractivity contribution in [3.63, 3.8) is 0 Å². The van der Waals surface area contributed by atoms with Crippen LogP contribution in [0.1, 0.15) is 34.6 Å². The number of nitrogens with one attached hydrogen (secondary N) is 1. The molecule has 0 aliphatic rings. The van der Waals surface area contributed by atoms with Gasteiger partial charge < -0.3 is 15.0 Å². The third kappa shape index (κ3) is 7.78. The van der Waals surface area contributed by atoms with Gasteiger partial charge in [0.2, 0.25) is 0 Å². The van der Waals surface area contributed by atoms with Gasteiger partial charge in [0.25, 0.3) is 0 Å². The lowest BCUT2D eigenvalue weighted by Crippen LogP contribution is -2.47. The summed E-state index contributed by atoms with van der Waals surface area (Å²) in [6.07, 6.45) is 0. The van der Waals surface area contributed by atoms with E-state index >= 15 is 0 Å². The second kappa shape index (κ2) is 8.05. The van der Waals surface area contributed by atoms with Crippen molar-refractivity contribution >= 4 is 5.90 Å². The van der Waals surface area contributed by atoms with Crippen LogP contribution in [0.3, 0.4) is 0 Å². The van der Waals surface area contributed by atoms with Crippen LogP contribution in [0.5, 0.6) is 0 Å². The molecule has 0 amide bonds. The molecule has 0 aliphatic carbocycles. The molecule has 0 aliphatic heterocycles. The average molecular weight is 188 g/mol. The molecule has 80 valence electrons. The summed E-state index contributed by atoms with van der Waals surface area (Å²) in [4.78, 5) is 0. The Morgan fingerprint density at radius 2 is 1.15 bits per heavy atom. The number of hydrogen-bond donors (Lipinski definition) is 1. The molecule has 0 bridgehead atoms. The standard InChI is InChI=1S/C8H20N.C2H5NO/c1-5-9(6-2,7-3)8-4;1-2(3)4/h5-8H2,1-4H3;1H3,(H2,3,4)/q+1;/p-1. The molecule has 0 saturated heterocycles. The first kappa shape index (κ1) is 14.9. The molecule has 13 heavy (non-hydrogen) atoms. The van der Waals surface area contributed by atoms with Gasteiger partial charge in [-0.2, -0.15) is 0 Å². The minimum Gasteiger partial charge on any atom is -0.862 e. The van der Waals surface area contributed by atoms with Crippen molar-refractivity contribution in [1.29, 1.82) is 5.41 Å². The average Bonchev–Trinajstić information content (AvgIpc) is 2.09. The Kier molecular flexibility index (Phi) is 9.24. The fraction of sp³-hybridized carbons (Fsp3) is 0.900. The van der Waals surface area contributed by atoms with Gasteiger partial charge in [-0.3, -0.25) is 0 Å². The van der Waals surface area contributed by atoms with Crippen molar-refractivity contribution in [2.75, 3.05) is 26.2 Å². The van der Waals surface area contributed by atoms with Crippen molar-refractivity contribution in [2.24, 2.45) is 0 Å². The Morgan fingerprint density at radius 1 is 1.00 bits per heavy atom. The smallest absolute Gasteiger partial charge is 0.0757 e. The van der Waals surface area contributed by atoms with Crippen LogP contribution in [-0.2, 0) is 0 Å². The SMILES string of the molecule is CC(=N)[O-].CC[N+](CC)(CC)CC. The lowest BCUT2D eigenvalue weighted by Gasteiger charge is -2.34. The molecule has 3 nitrogen and oxygen atoms in total. The highest BCUT2D eigenvalue weighted by atomic mass is 16.3. The normalized spacial score (nSPS) is 10.2. The Labute approximate surface area is 82.5 Å². The molecule has 0 aromatic carbocycles. The first-order valence-corrected chi connectivity index (χ1v) is 5.05. The molecule has 3 heteroatoms. The van der Waals surface area contributed by atoms with E-state index in [9.17, 15) is 0 Å². The minimum atomic E-state index is -0.583. The van der Waals surface area contributed by atoms with Crippen LogP contribution in [0.2, 0.25) is 0 Å². The van der Waals surface area contributed by atoms with Gasteiger partial charge in [-0.1, -0.05) is 0 Å². The van der Waals surface area contributed by atoms with Crippen LogP contribution < -0.4 is 5.11 Å². The number of nitrogens with zero attached hydrogens (tertiary/aromatic N) is 1. The van der Waals surface area contributed by atoms with E-state index in [1.165, 1.54) is 37.6 Å². The van der Waals surface area contributed by atoms with Gasteiger partial charge in [-0.05, 0) is 40.5 Å². The zero-order valence-electron chi connectivity index (χ0n) is 9.68. The van der Waals surface area contributed by atoms with Gasteiger partial charge in [0.1, 0.15) is 0 Å². The van der Waals surface area contributed by atoms with E-state index in [1.807, 2.05) is 0 Å².